The average molecular weight is 443 g/mol. The summed E-state index contributed by atoms with van der Waals surface area (Å²) in [5.74, 6) is 0.753. The molecule has 2 aliphatic heterocycles. The van der Waals surface area contributed by atoms with Crippen molar-refractivity contribution in [1.29, 1.82) is 0 Å². The second-order valence-corrected chi connectivity index (χ2v) is 8.90. The van der Waals surface area contributed by atoms with Gasteiger partial charge in [0.2, 0.25) is 0 Å². The molecule has 0 N–H and O–H groups in total. The van der Waals surface area contributed by atoms with E-state index in [1.165, 1.54) is 4.90 Å². The van der Waals surface area contributed by atoms with Gasteiger partial charge in [0.25, 0.3) is 11.8 Å². The third kappa shape index (κ3) is 4.48. The Morgan fingerprint density at radius 2 is 1.36 bits per heavy atom. The van der Waals surface area contributed by atoms with Crippen LogP contribution in [-0.4, -0.2) is 65.9 Å². The molecule has 170 valence electrons. The van der Waals surface area contributed by atoms with Crippen LogP contribution in [0.1, 0.15) is 46.4 Å². The minimum absolute atomic E-state index is 0.157. The van der Waals surface area contributed by atoms with Crippen LogP contribution in [0.15, 0.2) is 60.8 Å². The summed E-state index contributed by atoms with van der Waals surface area (Å²) >= 11 is 0. The van der Waals surface area contributed by atoms with Crippen LogP contribution in [0.5, 0.6) is 0 Å². The summed E-state index contributed by atoms with van der Waals surface area (Å²) in [6.45, 7) is 5.77. The van der Waals surface area contributed by atoms with Gasteiger partial charge < -0.3 is 4.90 Å². The standard InChI is InChI=1S/C27H30N4O2/c32-26-22-11-7-9-21-10-8-12-23(25(21)22)27(33)31(26)16-6-2-1-5-15-29-17-19-30(20-18-29)24-13-3-4-14-28-24/h3-4,7-14H,1-2,5-6,15-20H2. The molecule has 5 rings (SSSR count). The number of benzene rings is 2. The number of pyridine rings is 1. The van der Waals surface area contributed by atoms with Gasteiger partial charge >= 0.3 is 0 Å². The molecule has 0 saturated carbocycles. The molecule has 0 radical (unpaired) electrons. The van der Waals surface area contributed by atoms with Gasteiger partial charge in [-0.2, -0.15) is 0 Å². The highest BCUT2D eigenvalue weighted by molar-refractivity contribution is 6.25. The highest BCUT2D eigenvalue weighted by Gasteiger charge is 2.32. The Morgan fingerprint density at radius 3 is 2.00 bits per heavy atom. The Kier molecular flexibility index (Phi) is 6.35. The van der Waals surface area contributed by atoms with Crippen molar-refractivity contribution in [2.75, 3.05) is 44.2 Å². The largest absolute Gasteiger partial charge is 0.354 e. The Morgan fingerprint density at radius 1 is 0.697 bits per heavy atom. The fourth-order valence-electron chi connectivity index (χ4n) is 4.98. The first-order valence-electron chi connectivity index (χ1n) is 12.0. The van der Waals surface area contributed by atoms with E-state index in [2.05, 4.69) is 20.9 Å². The zero-order valence-corrected chi connectivity index (χ0v) is 18.9. The predicted molar refractivity (Wildman–Crippen MR) is 131 cm³/mol. The zero-order chi connectivity index (χ0) is 22.6. The zero-order valence-electron chi connectivity index (χ0n) is 18.9. The van der Waals surface area contributed by atoms with Crippen molar-refractivity contribution in [2.24, 2.45) is 0 Å². The first-order chi connectivity index (χ1) is 16.2. The van der Waals surface area contributed by atoms with E-state index in [0.717, 1.165) is 75.0 Å². The van der Waals surface area contributed by atoms with Gasteiger partial charge in [-0.1, -0.05) is 43.2 Å². The lowest BCUT2D eigenvalue weighted by Crippen LogP contribution is -2.46. The third-order valence-electron chi connectivity index (χ3n) is 6.81. The van der Waals surface area contributed by atoms with Crippen molar-refractivity contribution in [2.45, 2.75) is 25.7 Å². The van der Waals surface area contributed by atoms with Crippen LogP contribution in [0, 0.1) is 0 Å². The number of aromatic nitrogens is 1. The molecule has 1 fully saturated rings. The molecule has 3 aromatic rings. The molecular formula is C27H30N4O2. The summed E-state index contributed by atoms with van der Waals surface area (Å²) in [5.41, 5.74) is 1.29. The molecule has 6 nitrogen and oxygen atoms in total. The summed E-state index contributed by atoms with van der Waals surface area (Å²) in [4.78, 5) is 36.7. The second-order valence-electron chi connectivity index (χ2n) is 8.90. The number of carbonyl (C=O) groups is 2. The van der Waals surface area contributed by atoms with Crippen molar-refractivity contribution < 1.29 is 9.59 Å². The van der Waals surface area contributed by atoms with Crippen molar-refractivity contribution in [3.8, 4) is 0 Å². The number of amides is 2. The highest BCUT2D eigenvalue weighted by Crippen LogP contribution is 2.30. The molecule has 3 heterocycles. The monoisotopic (exact) mass is 442 g/mol. The van der Waals surface area contributed by atoms with Gasteiger partial charge in [-0.15, -0.1) is 0 Å². The molecule has 2 aliphatic rings. The van der Waals surface area contributed by atoms with Gasteiger partial charge in [0, 0.05) is 55.4 Å². The summed E-state index contributed by atoms with van der Waals surface area (Å²) in [6, 6.07) is 17.4. The van der Waals surface area contributed by atoms with Gasteiger partial charge in [0.05, 0.1) is 0 Å². The van der Waals surface area contributed by atoms with Gasteiger partial charge in [-0.25, -0.2) is 4.98 Å². The van der Waals surface area contributed by atoms with Gasteiger partial charge in [-0.3, -0.25) is 19.4 Å². The third-order valence-corrected chi connectivity index (χ3v) is 6.81. The van der Waals surface area contributed by atoms with Crippen molar-refractivity contribution >= 4 is 28.4 Å². The van der Waals surface area contributed by atoms with E-state index in [-0.39, 0.29) is 11.8 Å². The number of rotatable bonds is 8. The van der Waals surface area contributed by atoms with Gasteiger partial charge in [0.1, 0.15) is 5.82 Å². The molecule has 0 aliphatic carbocycles. The van der Waals surface area contributed by atoms with Crippen LogP contribution in [0.3, 0.4) is 0 Å². The second kappa shape index (κ2) is 9.71. The molecule has 0 spiro atoms. The Bertz CT molecular complexity index is 1090. The molecule has 6 heteroatoms. The molecule has 2 aromatic carbocycles. The van der Waals surface area contributed by atoms with Crippen LogP contribution >= 0.6 is 0 Å². The van der Waals surface area contributed by atoms with Crippen LogP contribution in [0.25, 0.3) is 10.8 Å². The number of imide groups is 1. The van der Waals surface area contributed by atoms with Crippen LogP contribution in [0.4, 0.5) is 5.82 Å². The molecule has 0 atom stereocenters. The minimum Gasteiger partial charge on any atom is -0.354 e. The van der Waals surface area contributed by atoms with E-state index in [1.807, 2.05) is 54.7 Å². The quantitative estimate of drug-likeness (QED) is 0.386. The van der Waals surface area contributed by atoms with Crippen molar-refractivity contribution in [1.82, 2.24) is 14.8 Å². The maximum Gasteiger partial charge on any atom is 0.261 e. The summed E-state index contributed by atoms with van der Waals surface area (Å²) in [6.07, 6.45) is 5.99. The molecule has 0 unspecified atom stereocenters. The number of unbranched alkanes of at least 4 members (excludes halogenated alkanes) is 3. The fourth-order valence-corrected chi connectivity index (χ4v) is 4.98. The lowest BCUT2D eigenvalue weighted by atomic mass is 9.94. The van der Waals surface area contributed by atoms with Crippen LogP contribution < -0.4 is 4.90 Å². The van der Waals surface area contributed by atoms with E-state index in [1.54, 1.807) is 0 Å². The first kappa shape index (κ1) is 21.6. The van der Waals surface area contributed by atoms with Gasteiger partial charge in [-0.05, 0) is 49.0 Å². The number of nitrogens with zero attached hydrogens (tertiary/aromatic N) is 4. The number of hydrogen-bond acceptors (Lipinski definition) is 5. The lowest BCUT2D eigenvalue weighted by Gasteiger charge is -2.35. The maximum atomic E-state index is 13.0. The SMILES string of the molecule is O=C1c2cccc3cccc(c23)C(=O)N1CCCCCCN1CCN(c2ccccn2)CC1. The Balaban J connectivity index is 1.05. The molecule has 1 saturated heterocycles. The highest BCUT2D eigenvalue weighted by atomic mass is 16.2. The molecule has 33 heavy (non-hydrogen) atoms. The van der Waals surface area contributed by atoms with E-state index < -0.39 is 0 Å². The summed E-state index contributed by atoms with van der Waals surface area (Å²) in [7, 11) is 0. The summed E-state index contributed by atoms with van der Waals surface area (Å²) < 4.78 is 0. The normalized spacial score (nSPS) is 16.6. The Labute approximate surface area is 194 Å². The van der Waals surface area contributed by atoms with Crippen molar-refractivity contribution in [3.05, 3.63) is 71.9 Å². The van der Waals surface area contributed by atoms with Crippen molar-refractivity contribution in [3.63, 3.8) is 0 Å². The lowest BCUT2D eigenvalue weighted by molar-refractivity contribution is 0.0607. The van der Waals surface area contributed by atoms with E-state index in [4.69, 9.17) is 0 Å². The van der Waals surface area contributed by atoms with Crippen LogP contribution in [0.2, 0.25) is 0 Å². The van der Waals surface area contributed by atoms with E-state index in [0.29, 0.717) is 17.7 Å². The average Bonchev–Trinajstić information content (AvgIpc) is 2.87. The topological polar surface area (TPSA) is 56.8 Å². The van der Waals surface area contributed by atoms with Crippen LogP contribution in [-0.2, 0) is 0 Å². The number of carbonyl (C=O) groups excluding carboxylic acids is 2. The molecular weight excluding hydrogens is 412 g/mol. The number of piperazine rings is 1. The fraction of sp³-hybridized carbons (Fsp3) is 0.370. The van der Waals surface area contributed by atoms with E-state index >= 15 is 0 Å². The van der Waals surface area contributed by atoms with E-state index in [9.17, 15) is 9.59 Å². The Hall–Kier alpha value is -3.25. The number of hydrogen-bond donors (Lipinski definition) is 0. The summed E-state index contributed by atoms with van der Waals surface area (Å²) in [5, 5.41) is 1.75. The molecule has 0 bridgehead atoms. The molecule has 1 aromatic heterocycles. The van der Waals surface area contributed by atoms with Gasteiger partial charge in [0.15, 0.2) is 0 Å². The minimum atomic E-state index is -0.157. The number of anilines is 1. The molecule has 2 amide bonds. The smallest absolute Gasteiger partial charge is 0.261 e. The first-order valence-corrected chi connectivity index (χ1v) is 12.0. The maximum absolute atomic E-state index is 13.0. The predicted octanol–water partition coefficient (Wildman–Crippen LogP) is 4.21.